The van der Waals surface area contributed by atoms with Crippen LogP contribution in [0.4, 0.5) is 10.7 Å². The first-order valence-electron chi connectivity index (χ1n) is 7.23. The minimum absolute atomic E-state index is 0.0337. The van der Waals surface area contributed by atoms with Crippen LogP contribution < -0.4 is 14.8 Å². The van der Waals surface area contributed by atoms with Crippen LogP contribution in [0.1, 0.15) is 11.4 Å². The third-order valence-corrected chi connectivity index (χ3v) is 4.59. The molecule has 0 aliphatic rings. The second-order valence-electron chi connectivity index (χ2n) is 4.81. The van der Waals surface area contributed by atoms with Crippen LogP contribution in [0.5, 0.6) is 6.01 Å². The van der Waals surface area contributed by atoms with Crippen molar-refractivity contribution >= 4 is 38.8 Å². The zero-order valence-corrected chi connectivity index (χ0v) is 16.0. The molecule has 0 unspecified atom stereocenters. The van der Waals surface area contributed by atoms with Crippen molar-refractivity contribution in [3.05, 3.63) is 35.7 Å². The Bertz CT molecular complexity index is 982. The molecule has 0 radical (unpaired) electrons. The van der Waals surface area contributed by atoms with E-state index in [0.29, 0.717) is 0 Å². The van der Waals surface area contributed by atoms with Gasteiger partial charge >= 0.3 is 12.0 Å². The first-order chi connectivity index (χ1) is 12.8. The SMILES string of the molecule is CON=C(Cl)c1ccccc1S(=O)(=O)NC(=O)Nc1nc(C)nc(OC)n1. The molecule has 0 fully saturated rings. The van der Waals surface area contributed by atoms with E-state index in [0.717, 1.165) is 0 Å². The molecule has 1 aromatic heterocycles. The minimum Gasteiger partial charge on any atom is -0.467 e. The number of benzene rings is 1. The molecule has 27 heavy (non-hydrogen) atoms. The number of hydrogen-bond acceptors (Lipinski definition) is 9. The Kier molecular flexibility index (Phi) is 6.47. The molecule has 11 nitrogen and oxygen atoms in total. The summed E-state index contributed by atoms with van der Waals surface area (Å²) in [4.78, 5) is 27.9. The highest BCUT2D eigenvalue weighted by Crippen LogP contribution is 2.18. The fourth-order valence-corrected chi connectivity index (χ4v) is 3.32. The molecule has 2 rings (SSSR count). The molecule has 144 valence electrons. The van der Waals surface area contributed by atoms with Crippen LogP contribution in [0.2, 0.25) is 0 Å². The van der Waals surface area contributed by atoms with Gasteiger partial charge in [0.05, 0.1) is 12.0 Å². The highest BCUT2D eigenvalue weighted by Gasteiger charge is 2.23. The van der Waals surface area contributed by atoms with Crippen LogP contribution in [-0.2, 0) is 14.9 Å². The highest BCUT2D eigenvalue weighted by atomic mass is 35.5. The number of anilines is 1. The highest BCUT2D eigenvalue weighted by molar-refractivity contribution is 7.90. The molecule has 0 aliphatic heterocycles. The zero-order valence-electron chi connectivity index (χ0n) is 14.4. The average Bonchev–Trinajstić information content (AvgIpc) is 2.60. The number of ether oxygens (including phenoxy) is 1. The van der Waals surface area contributed by atoms with Crippen LogP contribution in [0.25, 0.3) is 0 Å². The van der Waals surface area contributed by atoms with Gasteiger partial charge in [-0.1, -0.05) is 35.0 Å². The van der Waals surface area contributed by atoms with Crippen molar-refractivity contribution in [2.45, 2.75) is 11.8 Å². The second kappa shape index (κ2) is 8.60. The third kappa shape index (κ3) is 5.24. The van der Waals surface area contributed by atoms with Crippen LogP contribution in [0.15, 0.2) is 34.3 Å². The van der Waals surface area contributed by atoms with Gasteiger partial charge in [0.15, 0.2) is 5.17 Å². The Balaban J connectivity index is 2.26. The Labute approximate surface area is 159 Å². The normalized spacial score (nSPS) is 11.6. The van der Waals surface area contributed by atoms with Crippen LogP contribution in [0, 0.1) is 6.92 Å². The number of aryl methyl sites for hydroxylation is 1. The predicted molar refractivity (Wildman–Crippen MR) is 96.3 cm³/mol. The number of halogens is 1. The summed E-state index contributed by atoms with van der Waals surface area (Å²) >= 11 is 5.93. The number of urea groups is 1. The molecule has 2 aromatic rings. The monoisotopic (exact) mass is 414 g/mol. The molecule has 0 atom stereocenters. The maximum Gasteiger partial charge on any atom is 0.335 e. The molecule has 0 aliphatic carbocycles. The van der Waals surface area contributed by atoms with Gasteiger partial charge in [-0.05, 0) is 13.0 Å². The Hall–Kier alpha value is -2.99. The number of aromatic nitrogens is 3. The van der Waals surface area contributed by atoms with Gasteiger partial charge in [0.2, 0.25) is 5.95 Å². The van der Waals surface area contributed by atoms with Crippen LogP contribution in [0.3, 0.4) is 0 Å². The lowest BCUT2D eigenvalue weighted by Gasteiger charge is -2.11. The number of oxime groups is 1. The van der Waals surface area contributed by atoms with Crippen molar-refractivity contribution in [2.24, 2.45) is 5.16 Å². The summed E-state index contributed by atoms with van der Waals surface area (Å²) in [5.41, 5.74) is 0.0546. The third-order valence-electron chi connectivity index (χ3n) is 2.93. The molecule has 2 amide bonds. The molecular formula is C14H15ClN6O5S. The van der Waals surface area contributed by atoms with Gasteiger partial charge in [0, 0.05) is 5.56 Å². The summed E-state index contributed by atoms with van der Waals surface area (Å²) in [6.07, 6.45) is 0. The smallest absolute Gasteiger partial charge is 0.335 e. The number of nitrogens with one attached hydrogen (secondary N) is 2. The minimum atomic E-state index is -4.28. The van der Waals surface area contributed by atoms with Gasteiger partial charge in [0.1, 0.15) is 12.9 Å². The maximum absolute atomic E-state index is 12.5. The number of nitrogens with zero attached hydrogens (tertiary/aromatic N) is 4. The van der Waals surface area contributed by atoms with Crippen LogP contribution in [-0.4, -0.2) is 48.8 Å². The molecule has 0 bridgehead atoms. The van der Waals surface area contributed by atoms with Crippen LogP contribution >= 0.6 is 11.6 Å². The number of carbonyl (C=O) groups is 1. The lowest BCUT2D eigenvalue weighted by atomic mass is 10.2. The van der Waals surface area contributed by atoms with Crippen molar-refractivity contribution in [1.29, 1.82) is 0 Å². The summed E-state index contributed by atoms with van der Waals surface area (Å²) in [5, 5.41) is 5.49. The van der Waals surface area contributed by atoms with Gasteiger partial charge in [-0.3, -0.25) is 5.32 Å². The number of methoxy groups -OCH3 is 1. The van der Waals surface area contributed by atoms with E-state index in [9.17, 15) is 13.2 Å². The first kappa shape index (κ1) is 20.3. The van der Waals surface area contributed by atoms with Gasteiger partial charge in [-0.2, -0.15) is 15.0 Å². The number of amides is 2. The Morgan fingerprint density at radius 1 is 1.19 bits per heavy atom. The standard InChI is InChI=1S/C14H15ClN6O5S/c1-8-16-12(19-14(17-8)25-2)18-13(22)21-27(23,24)10-7-5-4-6-9(10)11(15)20-26-3/h4-7H,1-3H3,(H2,16,17,18,19,21,22). The van der Waals surface area contributed by atoms with E-state index >= 15 is 0 Å². The number of rotatable bonds is 6. The van der Waals surface area contributed by atoms with Gasteiger partial charge < -0.3 is 9.57 Å². The molecule has 13 heteroatoms. The number of carbonyl (C=O) groups excluding carboxylic acids is 1. The van der Waals surface area contributed by atoms with Crippen molar-refractivity contribution in [1.82, 2.24) is 19.7 Å². The van der Waals surface area contributed by atoms with E-state index in [1.807, 2.05) is 4.72 Å². The number of hydrogen-bond donors (Lipinski definition) is 2. The fraction of sp³-hybridized carbons (Fsp3) is 0.214. The van der Waals surface area contributed by atoms with E-state index in [1.165, 1.54) is 32.4 Å². The fourth-order valence-electron chi connectivity index (χ4n) is 1.91. The second-order valence-corrected chi connectivity index (χ2v) is 6.82. The molecule has 0 spiro atoms. The van der Waals surface area contributed by atoms with Crippen molar-refractivity contribution in [3.63, 3.8) is 0 Å². The summed E-state index contributed by atoms with van der Waals surface area (Å²) in [5.74, 6) is 0.0900. The lowest BCUT2D eigenvalue weighted by molar-refractivity contribution is 0.214. The molecule has 0 saturated carbocycles. The summed E-state index contributed by atoms with van der Waals surface area (Å²) in [6, 6.07) is 4.58. The first-order valence-corrected chi connectivity index (χ1v) is 9.09. The van der Waals surface area contributed by atoms with Crippen molar-refractivity contribution < 1.29 is 22.8 Å². The summed E-state index contributed by atoms with van der Waals surface area (Å²) < 4.78 is 31.8. The quantitative estimate of drug-likeness (QED) is 0.530. The Morgan fingerprint density at radius 2 is 1.89 bits per heavy atom. The molecule has 1 heterocycles. The summed E-state index contributed by atoms with van der Waals surface area (Å²) in [7, 11) is -1.69. The molecular weight excluding hydrogens is 400 g/mol. The molecule has 2 N–H and O–H groups in total. The summed E-state index contributed by atoms with van der Waals surface area (Å²) in [6.45, 7) is 1.55. The van der Waals surface area contributed by atoms with E-state index in [4.69, 9.17) is 16.3 Å². The van der Waals surface area contributed by atoms with Crippen molar-refractivity contribution in [3.8, 4) is 6.01 Å². The predicted octanol–water partition coefficient (Wildman–Crippen LogP) is 1.25. The average molecular weight is 415 g/mol. The molecule has 0 saturated heterocycles. The molecule has 1 aromatic carbocycles. The van der Waals surface area contributed by atoms with E-state index in [-0.39, 0.29) is 33.4 Å². The van der Waals surface area contributed by atoms with Gasteiger partial charge in [-0.25, -0.2) is 17.9 Å². The largest absolute Gasteiger partial charge is 0.467 e. The zero-order chi connectivity index (χ0) is 20.0. The van der Waals surface area contributed by atoms with Crippen molar-refractivity contribution in [2.75, 3.05) is 19.5 Å². The lowest BCUT2D eigenvalue weighted by Crippen LogP contribution is -2.35. The maximum atomic E-state index is 12.5. The van der Waals surface area contributed by atoms with Gasteiger partial charge in [0.25, 0.3) is 10.0 Å². The topological polar surface area (TPSA) is 145 Å². The van der Waals surface area contributed by atoms with Gasteiger partial charge in [-0.15, -0.1) is 0 Å². The van der Waals surface area contributed by atoms with E-state index < -0.39 is 16.1 Å². The van der Waals surface area contributed by atoms with E-state index in [2.05, 4.69) is 30.3 Å². The van der Waals surface area contributed by atoms with E-state index in [1.54, 1.807) is 13.0 Å². The number of sulfonamides is 1. The Morgan fingerprint density at radius 3 is 2.56 bits per heavy atom.